The van der Waals surface area contributed by atoms with Gasteiger partial charge in [-0.1, -0.05) is 37.3 Å². The lowest BCUT2D eigenvalue weighted by Crippen LogP contribution is -2.42. The van der Waals surface area contributed by atoms with E-state index in [0.717, 1.165) is 63.5 Å². The monoisotopic (exact) mass is 677 g/mol. The van der Waals surface area contributed by atoms with Gasteiger partial charge >= 0.3 is 0 Å². The van der Waals surface area contributed by atoms with Crippen LogP contribution in [0.4, 0.5) is 10.9 Å². The maximum Gasteiger partial charge on any atom is 0.257 e. The van der Waals surface area contributed by atoms with E-state index in [4.69, 9.17) is 10.1 Å². The zero-order valence-corrected chi connectivity index (χ0v) is 29.1. The summed E-state index contributed by atoms with van der Waals surface area (Å²) < 4.78 is 2.14. The van der Waals surface area contributed by atoms with Crippen LogP contribution in [0.5, 0.6) is 0 Å². The SMILES string of the molecule is Cc1c(-c2ccc(N3CCc4cccc(C(=O)Nc5nc6cccnc6s5)c4C3)nc2C(O)O)cnn1CC12CC(C)CC(CC(C)C1)C2. The van der Waals surface area contributed by atoms with Gasteiger partial charge in [-0.25, -0.2) is 15.0 Å². The molecule has 1 aromatic carbocycles. The molecule has 2 saturated carbocycles. The van der Waals surface area contributed by atoms with Gasteiger partial charge in [0, 0.05) is 48.2 Å². The van der Waals surface area contributed by atoms with E-state index >= 15 is 0 Å². The maximum absolute atomic E-state index is 13.5. The van der Waals surface area contributed by atoms with Crippen molar-refractivity contribution in [3.05, 3.63) is 82.9 Å². The van der Waals surface area contributed by atoms with Gasteiger partial charge in [0.25, 0.3) is 5.91 Å². The fourth-order valence-electron chi connectivity index (χ4n) is 9.33. The van der Waals surface area contributed by atoms with Crippen molar-refractivity contribution >= 4 is 38.5 Å². The van der Waals surface area contributed by atoms with E-state index in [-0.39, 0.29) is 17.0 Å². The van der Waals surface area contributed by atoms with Crippen molar-refractivity contribution in [2.45, 2.75) is 78.7 Å². The van der Waals surface area contributed by atoms with Gasteiger partial charge in [0.05, 0.1) is 6.20 Å². The summed E-state index contributed by atoms with van der Waals surface area (Å²) in [6.45, 7) is 8.93. The molecular formula is C38H43N7O3S. The Kier molecular flexibility index (Phi) is 8.24. The molecule has 0 radical (unpaired) electrons. The third kappa shape index (κ3) is 6.13. The lowest BCUT2D eigenvalue weighted by Gasteiger charge is -2.50. The molecule has 4 aromatic heterocycles. The highest BCUT2D eigenvalue weighted by molar-refractivity contribution is 7.21. The van der Waals surface area contributed by atoms with Crippen molar-refractivity contribution in [3.63, 3.8) is 0 Å². The minimum absolute atomic E-state index is 0.206. The number of hydrogen-bond donors (Lipinski definition) is 3. The molecule has 2 fully saturated rings. The summed E-state index contributed by atoms with van der Waals surface area (Å²) in [7, 11) is 0. The number of aliphatic hydroxyl groups is 2. The largest absolute Gasteiger partial charge is 0.363 e. The van der Waals surface area contributed by atoms with Crippen LogP contribution in [0.2, 0.25) is 0 Å². The molecule has 49 heavy (non-hydrogen) atoms. The fraction of sp³-hybridized carbons (Fsp3) is 0.447. The Bertz CT molecular complexity index is 1980. The third-order valence-corrected chi connectivity index (χ3v) is 11.9. The van der Waals surface area contributed by atoms with Crippen LogP contribution >= 0.6 is 11.3 Å². The molecule has 254 valence electrons. The van der Waals surface area contributed by atoms with Crippen molar-refractivity contribution in [1.82, 2.24) is 24.7 Å². The number of fused-ring (bicyclic) bond motifs is 4. The molecule has 2 bridgehead atoms. The van der Waals surface area contributed by atoms with Crippen LogP contribution in [-0.4, -0.2) is 47.4 Å². The van der Waals surface area contributed by atoms with Crippen molar-refractivity contribution in [2.75, 3.05) is 16.8 Å². The normalized spacial score (nSPS) is 23.6. The standard InChI is InChI=1S/C38H43N7O3S/c1-22-14-25-15-23(2)17-38(16-22,18-25)21-45-24(3)29(19-40-45)27-9-10-32(42-33(27)36(47)48)44-13-11-26-6-4-7-28(30(26)20-44)34(46)43-37-41-31-8-5-12-39-35(31)49-37/h4-10,12,19,22-23,25,36,47-48H,11,13-18,20-21H2,1-3H3,(H,41,43,46). The fourth-order valence-corrected chi connectivity index (χ4v) is 10.1. The molecule has 2 unspecified atom stereocenters. The first-order chi connectivity index (χ1) is 23.6. The molecule has 5 heterocycles. The van der Waals surface area contributed by atoms with Crippen molar-refractivity contribution in [2.24, 2.45) is 23.2 Å². The summed E-state index contributed by atoms with van der Waals surface area (Å²) in [5, 5.41) is 29.5. The first-order valence-electron chi connectivity index (χ1n) is 17.4. The van der Waals surface area contributed by atoms with E-state index in [1.165, 1.54) is 43.4 Å². The second-order valence-electron chi connectivity index (χ2n) is 14.9. The smallest absolute Gasteiger partial charge is 0.257 e. The Morgan fingerprint density at radius 3 is 2.63 bits per heavy atom. The van der Waals surface area contributed by atoms with Crippen LogP contribution in [0.3, 0.4) is 0 Å². The molecule has 10 nitrogen and oxygen atoms in total. The van der Waals surface area contributed by atoms with Gasteiger partial charge in [0.1, 0.15) is 21.9 Å². The number of amides is 1. The van der Waals surface area contributed by atoms with Gasteiger partial charge in [0.15, 0.2) is 11.4 Å². The van der Waals surface area contributed by atoms with E-state index in [2.05, 4.69) is 51.7 Å². The number of carbonyl (C=O) groups excluding carboxylic acids is 1. The number of anilines is 2. The van der Waals surface area contributed by atoms with Gasteiger partial charge in [0.2, 0.25) is 0 Å². The highest BCUT2D eigenvalue weighted by Gasteiger charge is 2.44. The molecular weight excluding hydrogens is 635 g/mol. The van der Waals surface area contributed by atoms with Crippen molar-refractivity contribution in [1.29, 1.82) is 0 Å². The lowest BCUT2D eigenvalue weighted by atomic mass is 9.57. The Morgan fingerprint density at radius 1 is 1.04 bits per heavy atom. The van der Waals surface area contributed by atoms with Crippen molar-refractivity contribution < 1.29 is 15.0 Å². The van der Waals surface area contributed by atoms with Gasteiger partial charge in [-0.05, 0) is 110 Å². The number of rotatable bonds is 7. The third-order valence-electron chi connectivity index (χ3n) is 11.0. The maximum atomic E-state index is 13.5. The Hall–Kier alpha value is -4.19. The van der Waals surface area contributed by atoms with E-state index in [1.807, 2.05) is 42.6 Å². The molecule has 5 aromatic rings. The molecule has 1 aliphatic heterocycles. The van der Waals surface area contributed by atoms with Crippen LogP contribution in [-0.2, 0) is 19.5 Å². The molecule has 3 N–H and O–H groups in total. The lowest BCUT2D eigenvalue weighted by molar-refractivity contribution is -0.0452. The number of carbonyl (C=O) groups is 1. The molecule has 1 amide bonds. The second-order valence-corrected chi connectivity index (χ2v) is 15.8. The number of benzene rings is 1. The quantitative estimate of drug-likeness (QED) is 0.159. The highest BCUT2D eigenvalue weighted by atomic mass is 32.1. The van der Waals surface area contributed by atoms with Crippen LogP contribution in [0.1, 0.15) is 85.1 Å². The van der Waals surface area contributed by atoms with E-state index in [9.17, 15) is 15.0 Å². The van der Waals surface area contributed by atoms with Crippen LogP contribution < -0.4 is 10.2 Å². The number of pyridine rings is 2. The molecule has 11 heteroatoms. The number of hydrogen-bond acceptors (Lipinski definition) is 9. The summed E-state index contributed by atoms with van der Waals surface area (Å²) in [6.07, 6.45) is 8.97. The van der Waals surface area contributed by atoms with Gasteiger partial charge < -0.3 is 15.1 Å². The average molecular weight is 678 g/mol. The molecule has 3 aliphatic rings. The minimum Gasteiger partial charge on any atom is -0.363 e. The Labute approximate surface area is 290 Å². The van der Waals surface area contributed by atoms with Crippen LogP contribution in [0.25, 0.3) is 21.5 Å². The first kappa shape index (κ1) is 32.0. The summed E-state index contributed by atoms with van der Waals surface area (Å²) >= 11 is 1.35. The van der Waals surface area contributed by atoms with E-state index in [0.29, 0.717) is 35.2 Å². The highest BCUT2D eigenvalue weighted by Crippen LogP contribution is 2.53. The molecule has 2 aliphatic carbocycles. The number of aromatic nitrogens is 5. The summed E-state index contributed by atoms with van der Waals surface area (Å²) in [4.78, 5) is 30.1. The Balaban J connectivity index is 1.04. The predicted octanol–water partition coefficient (Wildman–Crippen LogP) is 6.91. The van der Waals surface area contributed by atoms with Gasteiger partial charge in [-0.15, -0.1) is 0 Å². The molecule has 0 saturated heterocycles. The van der Waals surface area contributed by atoms with Crippen molar-refractivity contribution in [3.8, 4) is 11.1 Å². The van der Waals surface area contributed by atoms with E-state index in [1.54, 1.807) is 6.20 Å². The number of aliphatic hydroxyl groups excluding tert-OH is 1. The molecule has 2 atom stereocenters. The predicted molar refractivity (Wildman–Crippen MR) is 191 cm³/mol. The number of nitrogens with zero attached hydrogens (tertiary/aromatic N) is 6. The Morgan fingerprint density at radius 2 is 1.86 bits per heavy atom. The van der Waals surface area contributed by atoms with Crippen LogP contribution in [0, 0.1) is 30.1 Å². The minimum atomic E-state index is -1.75. The summed E-state index contributed by atoms with van der Waals surface area (Å²) in [5.74, 6) is 2.68. The topological polar surface area (TPSA) is 129 Å². The van der Waals surface area contributed by atoms with Gasteiger partial charge in [-0.3, -0.25) is 14.8 Å². The van der Waals surface area contributed by atoms with Gasteiger partial charge in [-0.2, -0.15) is 5.10 Å². The molecule has 0 spiro atoms. The summed E-state index contributed by atoms with van der Waals surface area (Å²) in [6, 6.07) is 13.4. The zero-order valence-electron chi connectivity index (χ0n) is 28.3. The summed E-state index contributed by atoms with van der Waals surface area (Å²) in [5.41, 5.74) is 6.41. The average Bonchev–Trinajstić information content (AvgIpc) is 3.64. The van der Waals surface area contributed by atoms with Crippen LogP contribution in [0.15, 0.2) is 54.9 Å². The second kappa shape index (κ2) is 12.6. The van der Waals surface area contributed by atoms with E-state index < -0.39 is 6.29 Å². The zero-order chi connectivity index (χ0) is 33.9. The number of nitrogens with one attached hydrogen (secondary N) is 1. The molecule has 8 rings (SSSR count). The number of thiazole rings is 1. The first-order valence-corrected chi connectivity index (χ1v) is 18.2.